The van der Waals surface area contributed by atoms with Crippen molar-refractivity contribution in [3.8, 4) is 0 Å². The second kappa shape index (κ2) is 7.08. The molecule has 28 heavy (non-hydrogen) atoms. The molecule has 1 aliphatic rings. The van der Waals surface area contributed by atoms with Crippen molar-refractivity contribution in [2.75, 3.05) is 10.2 Å². The van der Waals surface area contributed by atoms with Crippen LogP contribution in [0.25, 0.3) is 0 Å². The van der Waals surface area contributed by atoms with Crippen LogP contribution in [0.15, 0.2) is 48.5 Å². The smallest absolute Gasteiger partial charge is 0.274 e. The molecule has 1 unspecified atom stereocenters. The molecule has 1 N–H and O–H groups in total. The van der Waals surface area contributed by atoms with Crippen LogP contribution < -0.4 is 10.2 Å². The number of benzene rings is 2. The van der Waals surface area contributed by atoms with E-state index in [9.17, 15) is 4.79 Å². The molecule has 0 bridgehead atoms. The summed E-state index contributed by atoms with van der Waals surface area (Å²) < 4.78 is 0. The highest BCUT2D eigenvalue weighted by atomic mass is 16.1. The van der Waals surface area contributed by atoms with E-state index in [1.807, 2.05) is 45.0 Å². The molecule has 0 saturated heterocycles. The lowest BCUT2D eigenvalue weighted by molar-refractivity contribution is 0.102. The van der Waals surface area contributed by atoms with Gasteiger partial charge >= 0.3 is 0 Å². The number of nitrogens with zero attached hydrogens (tertiary/aromatic N) is 3. The molecule has 2 heterocycles. The summed E-state index contributed by atoms with van der Waals surface area (Å²) in [5.74, 6) is 0.351. The van der Waals surface area contributed by atoms with Crippen LogP contribution in [0.2, 0.25) is 0 Å². The number of anilines is 3. The van der Waals surface area contributed by atoms with Crippen LogP contribution in [0.1, 0.15) is 39.8 Å². The summed E-state index contributed by atoms with van der Waals surface area (Å²) in [4.78, 5) is 24.3. The second-order valence-corrected chi connectivity index (χ2v) is 7.52. The van der Waals surface area contributed by atoms with E-state index in [1.165, 1.54) is 5.56 Å². The van der Waals surface area contributed by atoms with Crippen molar-refractivity contribution in [1.29, 1.82) is 0 Å². The lowest BCUT2D eigenvalue weighted by Crippen LogP contribution is -2.27. The highest BCUT2D eigenvalue weighted by Gasteiger charge is 2.29. The summed E-state index contributed by atoms with van der Waals surface area (Å²) >= 11 is 0. The van der Waals surface area contributed by atoms with E-state index in [-0.39, 0.29) is 11.9 Å². The normalized spacial score (nSPS) is 15.4. The number of fused-ring (bicyclic) bond motifs is 1. The number of amides is 1. The first-order valence-corrected chi connectivity index (χ1v) is 9.54. The fourth-order valence-electron chi connectivity index (χ4n) is 3.70. The molecule has 5 heteroatoms. The van der Waals surface area contributed by atoms with Crippen LogP contribution >= 0.6 is 0 Å². The number of hydrogen-bond acceptors (Lipinski definition) is 4. The van der Waals surface area contributed by atoms with Gasteiger partial charge in [-0.25, -0.2) is 9.97 Å². The average molecular weight is 372 g/mol. The number of para-hydroxylation sites is 1. The molecule has 142 valence electrons. The Balaban J connectivity index is 1.68. The average Bonchev–Trinajstić information content (AvgIpc) is 3.00. The highest BCUT2D eigenvalue weighted by molar-refractivity contribution is 6.03. The second-order valence-electron chi connectivity index (χ2n) is 7.52. The van der Waals surface area contributed by atoms with Gasteiger partial charge in [0.05, 0.1) is 0 Å². The fourth-order valence-corrected chi connectivity index (χ4v) is 3.70. The van der Waals surface area contributed by atoms with E-state index in [0.717, 1.165) is 34.6 Å². The summed E-state index contributed by atoms with van der Waals surface area (Å²) in [6.07, 6.45) is 0.942. The number of aromatic nitrogens is 2. The van der Waals surface area contributed by atoms with Crippen molar-refractivity contribution in [3.05, 3.63) is 76.6 Å². The van der Waals surface area contributed by atoms with Gasteiger partial charge in [-0.1, -0.05) is 30.3 Å². The standard InChI is InChI=1S/C23H24N4O/c1-14-9-10-15(2)19(11-14)25-22(28)20-12-16(3)24-23(26-20)27-17(4)13-18-7-5-6-8-21(18)27/h5-12,17H,13H2,1-4H3,(H,25,28). The molecule has 4 rings (SSSR count). The van der Waals surface area contributed by atoms with E-state index in [4.69, 9.17) is 0 Å². The van der Waals surface area contributed by atoms with Crippen molar-refractivity contribution in [2.24, 2.45) is 0 Å². The van der Waals surface area contributed by atoms with Gasteiger partial charge in [0.1, 0.15) is 5.69 Å². The molecule has 0 saturated carbocycles. The molecule has 3 aromatic rings. The lowest BCUT2D eigenvalue weighted by Gasteiger charge is -2.23. The molecule has 0 spiro atoms. The summed E-state index contributed by atoms with van der Waals surface area (Å²) in [5.41, 5.74) is 6.47. The van der Waals surface area contributed by atoms with Crippen LogP contribution in [-0.2, 0) is 6.42 Å². The Morgan fingerprint density at radius 3 is 2.68 bits per heavy atom. The van der Waals surface area contributed by atoms with Gasteiger partial charge in [-0.2, -0.15) is 0 Å². The largest absolute Gasteiger partial charge is 0.320 e. The monoisotopic (exact) mass is 372 g/mol. The van der Waals surface area contributed by atoms with Crippen molar-refractivity contribution < 1.29 is 4.79 Å². The highest BCUT2D eigenvalue weighted by Crippen LogP contribution is 2.36. The zero-order valence-electron chi connectivity index (χ0n) is 16.7. The third kappa shape index (κ3) is 3.36. The molecule has 0 aliphatic carbocycles. The molecule has 1 amide bonds. The minimum atomic E-state index is -0.222. The predicted molar refractivity (Wildman–Crippen MR) is 112 cm³/mol. The van der Waals surface area contributed by atoms with Gasteiger partial charge < -0.3 is 10.2 Å². The number of aryl methyl sites for hydroxylation is 3. The topological polar surface area (TPSA) is 58.1 Å². The zero-order chi connectivity index (χ0) is 19.8. The van der Waals surface area contributed by atoms with Crippen molar-refractivity contribution >= 4 is 23.2 Å². The Labute approximate surface area is 165 Å². The van der Waals surface area contributed by atoms with Gasteiger partial charge in [-0.3, -0.25) is 4.79 Å². The van der Waals surface area contributed by atoms with E-state index in [1.54, 1.807) is 6.07 Å². The molecule has 2 aromatic carbocycles. The summed E-state index contributed by atoms with van der Waals surface area (Å²) in [6.45, 7) is 8.04. The molecular weight excluding hydrogens is 348 g/mol. The molecule has 5 nitrogen and oxygen atoms in total. The predicted octanol–water partition coefficient (Wildman–Crippen LogP) is 4.74. The van der Waals surface area contributed by atoms with Crippen molar-refractivity contribution in [3.63, 3.8) is 0 Å². The third-order valence-electron chi connectivity index (χ3n) is 5.14. The quantitative estimate of drug-likeness (QED) is 0.722. The maximum atomic E-state index is 12.9. The minimum Gasteiger partial charge on any atom is -0.320 e. The number of carbonyl (C=O) groups is 1. The molecular formula is C23H24N4O. The number of carbonyl (C=O) groups excluding carboxylic acids is 1. The van der Waals surface area contributed by atoms with Gasteiger partial charge in [0, 0.05) is 23.1 Å². The van der Waals surface area contributed by atoms with Crippen LogP contribution in [-0.4, -0.2) is 21.9 Å². The van der Waals surface area contributed by atoms with Gasteiger partial charge in [0.2, 0.25) is 5.95 Å². The first-order chi connectivity index (χ1) is 13.4. The Hall–Kier alpha value is -3.21. The van der Waals surface area contributed by atoms with Crippen LogP contribution in [0.5, 0.6) is 0 Å². The van der Waals surface area contributed by atoms with E-state index < -0.39 is 0 Å². The first-order valence-electron chi connectivity index (χ1n) is 9.54. The van der Waals surface area contributed by atoms with Gasteiger partial charge in [-0.15, -0.1) is 0 Å². The van der Waals surface area contributed by atoms with Crippen LogP contribution in [0.4, 0.5) is 17.3 Å². The van der Waals surface area contributed by atoms with Crippen molar-refractivity contribution in [1.82, 2.24) is 9.97 Å². The fraction of sp³-hybridized carbons (Fsp3) is 0.261. The Morgan fingerprint density at radius 1 is 1.07 bits per heavy atom. The maximum absolute atomic E-state index is 12.9. The molecule has 1 aromatic heterocycles. The first kappa shape index (κ1) is 18.2. The van der Waals surface area contributed by atoms with Gasteiger partial charge in [0.25, 0.3) is 5.91 Å². The zero-order valence-corrected chi connectivity index (χ0v) is 16.7. The molecule has 1 atom stereocenters. The molecule has 0 radical (unpaired) electrons. The Kier molecular flexibility index (Phi) is 4.59. The van der Waals surface area contributed by atoms with Crippen LogP contribution in [0, 0.1) is 20.8 Å². The molecule has 0 fully saturated rings. The van der Waals surface area contributed by atoms with Crippen LogP contribution in [0.3, 0.4) is 0 Å². The summed E-state index contributed by atoms with van der Waals surface area (Å²) in [7, 11) is 0. The third-order valence-corrected chi connectivity index (χ3v) is 5.14. The van der Waals surface area contributed by atoms with Crippen molar-refractivity contribution in [2.45, 2.75) is 40.2 Å². The number of hydrogen-bond donors (Lipinski definition) is 1. The Bertz CT molecular complexity index is 1060. The number of nitrogens with one attached hydrogen (secondary N) is 1. The lowest BCUT2D eigenvalue weighted by atomic mass is 10.1. The molecule has 1 aliphatic heterocycles. The van der Waals surface area contributed by atoms with E-state index in [2.05, 4.69) is 45.3 Å². The minimum absolute atomic E-state index is 0.222. The SMILES string of the molecule is Cc1ccc(C)c(NC(=O)c2cc(C)nc(N3c4ccccc4CC3C)n2)c1. The number of rotatable bonds is 3. The Morgan fingerprint density at radius 2 is 1.86 bits per heavy atom. The van der Waals surface area contributed by atoms with E-state index >= 15 is 0 Å². The maximum Gasteiger partial charge on any atom is 0.274 e. The van der Waals surface area contributed by atoms with Gasteiger partial charge in [0.15, 0.2) is 0 Å². The van der Waals surface area contributed by atoms with Gasteiger partial charge in [-0.05, 0) is 69.0 Å². The summed E-state index contributed by atoms with van der Waals surface area (Å²) in [6, 6.07) is 16.3. The van der Waals surface area contributed by atoms with E-state index in [0.29, 0.717) is 11.6 Å². The summed E-state index contributed by atoms with van der Waals surface area (Å²) in [5, 5.41) is 2.99.